The molecule has 0 heterocycles. The van der Waals surface area contributed by atoms with Crippen LogP contribution in [0.2, 0.25) is 0 Å². The van der Waals surface area contributed by atoms with Crippen LogP contribution in [-0.4, -0.2) is 0 Å². The Kier molecular flexibility index (Phi) is 13.2. The van der Waals surface area contributed by atoms with Crippen LogP contribution in [0.4, 0.5) is 0 Å². The van der Waals surface area contributed by atoms with Gasteiger partial charge in [0.1, 0.15) is 0 Å². The van der Waals surface area contributed by atoms with E-state index in [9.17, 15) is 0 Å². The van der Waals surface area contributed by atoms with Gasteiger partial charge in [0.05, 0.1) is 0 Å². The average molecular weight is 712 g/mol. The van der Waals surface area contributed by atoms with E-state index in [1.165, 1.54) is 11.1 Å². The molecule has 0 aliphatic carbocycles. The van der Waals surface area contributed by atoms with Gasteiger partial charge in [0, 0.05) is 63.2 Å². The van der Waals surface area contributed by atoms with Gasteiger partial charge in [-0.15, -0.1) is 6.92 Å². The summed E-state index contributed by atoms with van der Waals surface area (Å²) in [6.45, 7) is 8.67. The molecule has 3 heteroatoms. The first kappa shape index (κ1) is 21.4. The van der Waals surface area contributed by atoms with Gasteiger partial charge in [0.25, 0.3) is 0 Å². The summed E-state index contributed by atoms with van der Waals surface area (Å²) < 4.78 is 0. The van der Waals surface area contributed by atoms with Crippen molar-refractivity contribution in [2.45, 2.75) is 33.1 Å². The summed E-state index contributed by atoms with van der Waals surface area (Å²) in [5.41, 5.74) is 2.75. The van der Waals surface area contributed by atoms with Gasteiger partial charge >= 0.3 is 0 Å². The van der Waals surface area contributed by atoms with Gasteiger partial charge in [-0.2, -0.15) is 12.1 Å². The Labute approximate surface area is 137 Å². The third kappa shape index (κ3) is 7.15. The number of rotatable bonds is 1. The van der Waals surface area contributed by atoms with E-state index in [-0.39, 0.29) is 68.6 Å². The first-order chi connectivity index (χ1) is 5.54. The predicted molar refractivity (Wildman–Crippen MR) is 53.1 cm³/mol. The summed E-state index contributed by atoms with van der Waals surface area (Å²) in [5, 5.41) is 0. The molecule has 0 aromatic heterocycles. The predicted octanol–water partition coefficient (Wildman–Crippen LogP) is 3.35. The van der Waals surface area contributed by atoms with Crippen LogP contribution in [0.1, 0.15) is 38.8 Å². The van der Waals surface area contributed by atoms with Crippen LogP contribution in [0.3, 0.4) is 0 Å². The van der Waals surface area contributed by atoms with Gasteiger partial charge in [-0.1, -0.05) is 26.3 Å². The Morgan fingerprint density at radius 3 is 1.87 bits per heavy atom. The molecule has 1 aromatic rings. The number of benzene rings is 1. The minimum absolute atomic E-state index is 0. The second kappa shape index (κ2) is 9.21. The Bertz CT molecular complexity index is 247. The Morgan fingerprint density at radius 1 is 1.07 bits per heavy atom. The van der Waals surface area contributed by atoms with Gasteiger partial charge in [-0.25, -0.2) is 0 Å². The fourth-order valence-corrected chi connectivity index (χ4v) is 1.08. The van der Waals surface area contributed by atoms with Gasteiger partial charge in [0.15, 0.2) is 0 Å². The van der Waals surface area contributed by atoms with Crippen LogP contribution in [-0.2, 0) is 68.6 Å². The molecule has 0 N–H and O–H groups in total. The van der Waals surface area contributed by atoms with Gasteiger partial charge in [-0.3, -0.25) is 6.07 Å². The van der Waals surface area contributed by atoms with Crippen molar-refractivity contribution in [1.29, 1.82) is 0 Å². The molecule has 0 amide bonds. The summed E-state index contributed by atoms with van der Waals surface area (Å²) in [4.78, 5) is 0. The largest absolute Gasteiger partial charge is 0.371 e. The van der Waals surface area contributed by atoms with Crippen LogP contribution >= 0.6 is 0 Å². The van der Waals surface area contributed by atoms with Crippen molar-refractivity contribution in [1.82, 2.24) is 0 Å². The maximum atomic E-state index is 3.24. The number of hydrogen-bond donors (Lipinski definition) is 0. The second-order valence-electron chi connectivity index (χ2n) is 4.07. The minimum atomic E-state index is 0. The van der Waals surface area contributed by atoms with Gasteiger partial charge in [-0.05, 0) is 5.41 Å². The molecule has 0 saturated carbocycles. The van der Waals surface area contributed by atoms with Crippen molar-refractivity contribution < 1.29 is 63.2 Å². The van der Waals surface area contributed by atoms with Crippen molar-refractivity contribution in [2.24, 2.45) is 0 Å². The van der Waals surface area contributed by atoms with E-state index in [0.29, 0.717) is 0 Å². The van der Waals surface area contributed by atoms with Crippen molar-refractivity contribution in [3.8, 4) is 0 Å². The molecule has 84 valence electrons. The van der Waals surface area contributed by atoms with E-state index >= 15 is 0 Å². The zero-order chi connectivity index (χ0) is 9.19. The zero-order valence-corrected chi connectivity index (χ0v) is 18.3. The van der Waals surface area contributed by atoms with Crippen LogP contribution in [0, 0.1) is 12.5 Å². The van der Waals surface area contributed by atoms with E-state index in [4.69, 9.17) is 0 Å². The quantitative estimate of drug-likeness (QED) is 0.393. The molecule has 0 bridgehead atoms. The molecule has 0 fully saturated rings. The van der Waals surface area contributed by atoms with E-state index in [1.807, 2.05) is 6.92 Å². The average Bonchev–Trinajstić information content (AvgIpc) is 2.03. The molecular weight excluding hydrogens is 696 g/mol. The molecule has 0 spiro atoms. The summed E-state index contributed by atoms with van der Waals surface area (Å²) in [6.07, 6.45) is 2.06. The number of hydrogen-bond acceptors (Lipinski definition) is 0. The van der Waals surface area contributed by atoms with Crippen molar-refractivity contribution in [3.05, 3.63) is 41.8 Å². The first-order valence-electron chi connectivity index (χ1n) is 4.35. The van der Waals surface area contributed by atoms with Gasteiger partial charge in [0.2, 0.25) is 0 Å². The molecule has 0 aliphatic rings. The Hall–Kier alpha value is 1.15. The van der Waals surface area contributed by atoms with Crippen LogP contribution in [0.15, 0.2) is 18.2 Å². The Balaban J connectivity index is -0.000000480. The summed E-state index contributed by atoms with van der Waals surface area (Å²) >= 11 is 0. The minimum Gasteiger partial charge on any atom is -0.371 e. The summed E-state index contributed by atoms with van der Waals surface area (Å²) in [7, 11) is 0. The fraction of sp³-hybridized carbons (Fsp3) is 0.417. The molecule has 0 aliphatic heterocycles. The molecule has 0 saturated heterocycles. The SMILES string of the molecule is C[CH-]c1[c-]cc(C(C)(C)C)cc1.[W].[W].[W]. The molecule has 1 rings (SSSR count). The van der Waals surface area contributed by atoms with Crippen molar-refractivity contribution in [2.75, 3.05) is 0 Å². The molecular formula is C12H16W3-2. The molecule has 1 aromatic carbocycles. The monoisotopic (exact) mass is 712 g/mol. The maximum Gasteiger partial charge on any atom is 0 e. The maximum absolute atomic E-state index is 3.24. The second-order valence-corrected chi connectivity index (χ2v) is 4.07. The first-order valence-corrected chi connectivity index (χ1v) is 4.35. The zero-order valence-electron chi connectivity index (χ0n) is 9.53. The van der Waals surface area contributed by atoms with Crippen molar-refractivity contribution in [3.63, 3.8) is 0 Å². The van der Waals surface area contributed by atoms with Crippen LogP contribution in [0.5, 0.6) is 0 Å². The fourth-order valence-electron chi connectivity index (χ4n) is 1.08. The van der Waals surface area contributed by atoms with E-state index in [1.54, 1.807) is 0 Å². The molecule has 0 nitrogen and oxygen atoms in total. The third-order valence-electron chi connectivity index (χ3n) is 2.01. The molecule has 15 heavy (non-hydrogen) atoms. The van der Waals surface area contributed by atoms with Gasteiger partial charge < -0.3 is 18.1 Å². The van der Waals surface area contributed by atoms with E-state index < -0.39 is 0 Å². The van der Waals surface area contributed by atoms with E-state index in [2.05, 4.69) is 51.5 Å². The molecule has 0 atom stereocenters. The smallest absolute Gasteiger partial charge is 0 e. The van der Waals surface area contributed by atoms with Crippen molar-refractivity contribution >= 4 is 0 Å². The Morgan fingerprint density at radius 2 is 1.60 bits per heavy atom. The summed E-state index contributed by atoms with van der Waals surface area (Å²) in [6, 6.07) is 9.60. The third-order valence-corrected chi connectivity index (χ3v) is 2.01. The topological polar surface area (TPSA) is 0 Å². The van der Waals surface area contributed by atoms with Crippen LogP contribution < -0.4 is 0 Å². The summed E-state index contributed by atoms with van der Waals surface area (Å²) in [5.74, 6) is 0. The van der Waals surface area contributed by atoms with Crippen LogP contribution in [0.25, 0.3) is 0 Å². The standard InChI is InChI=1S/C12H16.3W/c1-5-10-6-8-11(9-7-10)12(2,3)4;;;/h5-6,8-9H,1-4H3;;;/q-2;;;. The normalized spacial score (nSPS) is 9.07. The molecule has 0 unspecified atom stereocenters. The van der Waals surface area contributed by atoms with E-state index in [0.717, 1.165) is 0 Å². The molecule has 0 radical (unpaired) electrons.